The normalized spacial score (nSPS) is 6.50. The molecular weight excluding hydrogens is 100 g/mol. The van der Waals surface area contributed by atoms with Crippen molar-refractivity contribution in [3.05, 3.63) is 12.3 Å². The summed E-state index contributed by atoms with van der Waals surface area (Å²) in [6.45, 7) is 9.58. The van der Waals surface area contributed by atoms with Crippen molar-refractivity contribution < 1.29 is 4.74 Å². The number of rotatable bonds is 2. The molecule has 0 heterocycles. The summed E-state index contributed by atoms with van der Waals surface area (Å²) in [5.41, 5.74) is 0. The van der Waals surface area contributed by atoms with E-state index in [9.17, 15) is 0 Å². The Kier molecular flexibility index (Phi) is 12.8. The molecule has 1 nitrogen and oxygen atoms in total. The van der Waals surface area contributed by atoms with Gasteiger partial charge in [-0.25, -0.2) is 0 Å². The minimum atomic E-state index is 0.843. The molecule has 0 atom stereocenters. The predicted octanol–water partition coefficient (Wildman–Crippen LogP) is 2.58. The minimum Gasteiger partial charge on any atom is -0.502 e. The summed E-state index contributed by atoms with van der Waals surface area (Å²) in [7, 11) is 1.63. The van der Waals surface area contributed by atoms with E-state index in [0.29, 0.717) is 0 Å². The lowest BCUT2D eigenvalue weighted by Crippen LogP contribution is -1.77. The Balaban J connectivity index is 0. The van der Waals surface area contributed by atoms with Crippen LogP contribution in [0, 0.1) is 0 Å². The van der Waals surface area contributed by atoms with E-state index in [0.717, 1.165) is 12.2 Å². The molecule has 50 valence electrons. The van der Waals surface area contributed by atoms with Gasteiger partial charge in [0.1, 0.15) is 0 Å². The molecule has 0 radical (unpaired) electrons. The molecule has 0 spiro atoms. The molecule has 0 N–H and O–H groups in total. The largest absolute Gasteiger partial charge is 0.502 e. The van der Waals surface area contributed by atoms with Crippen LogP contribution in [0.15, 0.2) is 12.3 Å². The summed E-state index contributed by atoms with van der Waals surface area (Å²) in [5, 5.41) is 0. The van der Waals surface area contributed by atoms with E-state index in [1.807, 2.05) is 20.8 Å². The Morgan fingerprint density at radius 1 is 1.50 bits per heavy atom. The molecular formula is C7H16O. The van der Waals surface area contributed by atoms with Gasteiger partial charge in [-0.3, -0.25) is 0 Å². The first-order valence-corrected chi connectivity index (χ1v) is 3.03. The Morgan fingerprint density at radius 2 is 1.88 bits per heavy atom. The lowest BCUT2D eigenvalue weighted by molar-refractivity contribution is 0.283. The third kappa shape index (κ3) is 9.11. The van der Waals surface area contributed by atoms with Gasteiger partial charge in [0.15, 0.2) is 0 Å². The highest BCUT2D eigenvalue weighted by Crippen LogP contribution is 1.92. The summed E-state index contributed by atoms with van der Waals surface area (Å²) >= 11 is 0. The van der Waals surface area contributed by atoms with Gasteiger partial charge in [0.05, 0.1) is 12.9 Å². The van der Waals surface area contributed by atoms with E-state index in [-0.39, 0.29) is 0 Å². The molecule has 0 aromatic heterocycles. The Morgan fingerprint density at radius 3 is 1.88 bits per heavy atom. The van der Waals surface area contributed by atoms with Crippen molar-refractivity contribution in [3.8, 4) is 0 Å². The van der Waals surface area contributed by atoms with Gasteiger partial charge in [0.25, 0.3) is 0 Å². The topological polar surface area (TPSA) is 9.23 Å². The van der Waals surface area contributed by atoms with Crippen molar-refractivity contribution in [2.75, 3.05) is 7.11 Å². The fourth-order valence-corrected chi connectivity index (χ4v) is 0.144. The Labute approximate surface area is 52.4 Å². The van der Waals surface area contributed by atoms with Crippen LogP contribution in [0.2, 0.25) is 0 Å². The average molecular weight is 116 g/mol. The maximum atomic E-state index is 4.70. The first-order chi connectivity index (χ1) is 3.81. The van der Waals surface area contributed by atoms with Crippen molar-refractivity contribution in [1.82, 2.24) is 0 Å². The maximum absolute atomic E-state index is 4.70. The van der Waals surface area contributed by atoms with Gasteiger partial charge in [0.2, 0.25) is 0 Å². The second-order valence-electron chi connectivity index (χ2n) is 1.10. The predicted molar refractivity (Wildman–Crippen MR) is 37.8 cm³/mol. The van der Waals surface area contributed by atoms with Crippen LogP contribution >= 0.6 is 0 Å². The molecule has 0 aliphatic carbocycles. The summed E-state index contributed by atoms with van der Waals surface area (Å²) in [4.78, 5) is 0. The van der Waals surface area contributed by atoms with Crippen LogP contribution < -0.4 is 0 Å². The van der Waals surface area contributed by atoms with E-state index in [2.05, 4.69) is 6.58 Å². The molecule has 0 unspecified atom stereocenters. The highest BCUT2D eigenvalue weighted by atomic mass is 16.5. The molecule has 8 heavy (non-hydrogen) atoms. The van der Waals surface area contributed by atoms with Crippen LogP contribution in [0.5, 0.6) is 0 Å². The molecule has 1 heteroatoms. The molecule has 0 aromatic carbocycles. The molecule has 0 aliphatic rings. The van der Waals surface area contributed by atoms with Crippen molar-refractivity contribution >= 4 is 0 Å². The maximum Gasteiger partial charge on any atom is 0.0881 e. The second kappa shape index (κ2) is 9.74. The third-order valence-electron chi connectivity index (χ3n) is 0.683. The van der Waals surface area contributed by atoms with Crippen molar-refractivity contribution in [1.29, 1.82) is 0 Å². The fraction of sp³-hybridized carbons (Fsp3) is 0.714. The van der Waals surface area contributed by atoms with Crippen LogP contribution in [0.25, 0.3) is 0 Å². The lowest BCUT2D eigenvalue weighted by Gasteiger charge is -1.94. The fourth-order valence-electron chi connectivity index (χ4n) is 0.144. The Bertz CT molecular complexity index is 42.3. The molecule has 0 saturated heterocycles. The quantitative estimate of drug-likeness (QED) is 0.504. The van der Waals surface area contributed by atoms with Crippen LogP contribution in [0.1, 0.15) is 27.2 Å². The van der Waals surface area contributed by atoms with Gasteiger partial charge in [-0.1, -0.05) is 27.4 Å². The number of ether oxygens (including phenoxy) is 1. The monoisotopic (exact) mass is 116 g/mol. The zero-order valence-electron chi connectivity index (χ0n) is 6.32. The van der Waals surface area contributed by atoms with E-state index >= 15 is 0 Å². The van der Waals surface area contributed by atoms with Gasteiger partial charge < -0.3 is 4.74 Å². The number of allylic oxidation sites excluding steroid dienone is 1. The average Bonchev–Trinajstić information content (AvgIpc) is 1.91. The van der Waals surface area contributed by atoms with Crippen LogP contribution in [0.4, 0.5) is 0 Å². The third-order valence-corrected chi connectivity index (χ3v) is 0.683. The van der Waals surface area contributed by atoms with Gasteiger partial charge in [-0.2, -0.15) is 0 Å². The molecule has 0 fully saturated rings. The van der Waals surface area contributed by atoms with Gasteiger partial charge in [-0.05, 0) is 0 Å². The van der Waals surface area contributed by atoms with Gasteiger partial charge in [-0.15, -0.1) is 0 Å². The van der Waals surface area contributed by atoms with E-state index in [4.69, 9.17) is 4.74 Å². The number of hydrogen-bond acceptors (Lipinski definition) is 1. The summed E-state index contributed by atoms with van der Waals surface area (Å²) in [6.07, 6.45) is 0.913. The first-order valence-electron chi connectivity index (χ1n) is 3.03. The van der Waals surface area contributed by atoms with E-state index in [1.165, 1.54) is 0 Å². The summed E-state index contributed by atoms with van der Waals surface area (Å²) in [5.74, 6) is 0.843. The Hall–Kier alpha value is -0.460. The van der Waals surface area contributed by atoms with Crippen LogP contribution in [0.3, 0.4) is 0 Å². The lowest BCUT2D eigenvalue weighted by atomic mass is 10.4. The molecule has 0 aliphatic heterocycles. The van der Waals surface area contributed by atoms with Crippen LogP contribution in [-0.2, 0) is 4.74 Å². The highest BCUT2D eigenvalue weighted by molar-refractivity contribution is 4.77. The summed E-state index contributed by atoms with van der Waals surface area (Å²) < 4.78 is 4.70. The SMILES string of the molecule is C=C(CC)OC.CC. The standard InChI is InChI=1S/C5H10O.C2H6/c1-4-5(2)6-3;1-2/h2,4H2,1,3H3;1-2H3. The number of hydrogen-bond donors (Lipinski definition) is 0. The highest BCUT2D eigenvalue weighted by Gasteiger charge is 1.77. The van der Waals surface area contributed by atoms with Crippen molar-refractivity contribution in [3.63, 3.8) is 0 Å². The van der Waals surface area contributed by atoms with E-state index < -0.39 is 0 Å². The minimum absolute atomic E-state index is 0.843. The van der Waals surface area contributed by atoms with Gasteiger partial charge in [0, 0.05) is 6.42 Å². The molecule has 0 rings (SSSR count). The van der Waals surface area contributed by atoms with Crippen LogP contribution in [-0.4, -0.2) is 7.11 Å². The molecule has 0 saturated carbocycles. The summed E-state index contributed by atoms with van der Waals surface area (Å²) in [6, 6.07) is 0. The molecule has 0 aromatic rings. The first kappa shape index (κ1) is 10.5. The second-order valence-corrected chi connectivity index (χ2v) is 1.10. The van der Waals surface area contributed by atoms with Crippen molar-refractivity contribution in [2.45, 2.75) is 27.2 Å². The zero-order valence-corrected chi connectivity index (χ0v) is 6.32. The van der Waals surface area contributed by atoms with E-state index in [1.54, 1.807) is 7.11 Å². The zero-order chi connectivity index (χ0) is 6.99. The number of methoxy groups -OCH3 is 1. The van der Waals surface area contributed by atoms with Gasteiger partial charge >= 0.3 is 0 Å². The smallest absolute Gasteiger partial charge is 0.0881 e. The van der Waals surface area contributed by atoms with Crippen molar-refractivity contribution in [2.24, 2.45) is 0 Å². The molecule has 0 bridgehead atoms. The molecule has 0 amide bonds.